The Morgan fingerprint density at radius 2 is 2.05 bits per heavy atom. The molecule has 1 heterocycles. The average molecular weight is 277 g/mol. The zero-order chi connectivity index (χ0) is 14.5. The van der Waals surface area contributed by atoms with Gasteiger partial charge in [0.25, 0.3) is 0 Å². The number of nitrogens with zero attached hydrogens (tertiary/aromatic N) is 3. The van der Waals surface area contributed by atoms with E-state index in [-0.39, 0.29) is 24.1 Å². The molecule has 20 heavy (non-hydrogen) atoms. The lowest BCUT2D eigenvalue weighted by molar-refractivity contribution is -0.385. The summed E-state index contributed by atoms with van der Waals surface area (Å²) in [5.41, 5.74) is 0.290. The van der Waals surface area contributed by atoms with E-state index in [4.69, 9.17) is 14.6 Å². The topological polar surface area (TPSA) is 108 Å². The molecule has 0 aliphatic heterocycles. The van der Waals surface area contributed by atoms with Crippen LogP contribution >= 0.6 is 0 Å². The van der Waals surface area contributed by atoms with Crippen molar-refractivity contribution in [3.63, 3.8) is 0 Å². The van der Waals surface area contributed by atoms with Crippen molar-refractivity contribution in [2.75, 3.05) is 7.11 Å². The number of ether oxygens (including phenoxy) is 2. The minimum absolute atomic E-state index is 0.0221. The lowest BCUT2D eigenvalue weighted by atomic mass is 10.3. The van der Waals surface area contributed by atoms with E-state index in [2.05, 4.69) is 9.97 Å². The van der Waals surface area contributed by atoms with Gasteiger partial charge >= 0.3 is 11.7 Å². The Hall–Kier alpha value is -2.74. The molecule has 0 aliphatic rings. The highest BCUT2D eigenvalue weighted by Gasteiger charge is 2.17. The summed E-state index contributed by atoms with van der Waals surface area (Å²) < 4.78 is 10.3. The standard InChI is InChI=1S/C12H11N3O5/c1-19-9-2-3-10(15(17)18)11(4-9)20-12-13-5-8(7-16)6-14-12/h2-6,16H,7H2,1H3. The van der Waals surface area contributed by atoms with Crippen LogP contribution < -0.4 is 9.47 Å². The van der Waals surface area contributed by atoms with Crippen LogP contribution in [0.5, 0.6) is 17.5 Å². The van der Waals surface area contributed by atoms with Crippen LogP contribution in [0, 0.1) is 10.1 Å². The highest BCUT2D eigenvalue weighted by atomic mass is 16.6. The fourth-order valence-corrected chi connectivity index (χ4v) is 1.43. The summed E-state index contributed by atoms with van der Waals surface area (Å²) in [5.74, 6) is 0.392. The van der Waals surface area contributed by atoms with E-state index in [1.165, 1.54) is 37.7 Å². The van der Waals surface area contributed by atoms with Crippen LogP contribution in [0.15, 0.2) is 30.6 Å². The van der Waals surface area contributed by atoms with Gasteiger partial charge in [0.05, 0.1) is 18.6 Å². The molecule has 1 N–H and O–H groups in total. The van der Waals surface area contributed by atoms with Crippen molar-refractivity contribution < 1.29 is 19.5 Å². The molecule has 0 aliphatic carbocycles. The van der Waals surface area contributed by atoms with Crippen LogP contribution in [0.2, 0.25) is 0 Å². The van der Waals surface area contributed by atoms with Gasteiger partial charge < -0.3 is 14.6 Å². The van der Waals surface area contributed by atoms with Crippen molar-refractivity contribution in [3.8, 4) is 17.5 Å². The van der Waals surface area contributed by atoms with Crippen molar-refractivity contribution in [3.05, 3.63) is 46.3 Å². The van der Waals surface area contributed by atoms with E-state index >= 15 is 0 Å². The second-order valence-corrected chi connectivity index (χ2v) is 3.72. The maximum Gasteiger partial charge on any atom is 0.322 e. The summed E-state index contributed by atoms with van der Waals surface area (Å²) in [5, 5.41) is 19.8. The van der Waals surface area contributed by atoms with Gasteiger partial charge in [-0.05, 0) is 6.07 Å². The minimum atomic E-state index is -0.573. The first-order chi connectivity index (χ1) is 9.63. The van der Waals surface area contributed by atoms with Gasteiger partial charge in [-0.3, -0.25) is 10.1 Å². The molecule has 0 atom stereocenters. The number of methoxy groups -OCH3 is 1. The van der Waals surface area contributed by atoms with Crippen molar-refractivity contribution in [1.29, 1.82) is 0 Å². The summed E-state index contributed by atoms with van der Waals surface area (Å²) in [6, 6.07) is 4.05. The van der Waals surface area contributed by atoms with Crippen LogP contribution in [-0.4, -0.2) is 27.1 Å². The van der Waals surface area contributed by atoms with Gasteiger partial charge in [0.1, 0.15) is 5.75 Å². The number of hydrogen-bond donors (Lipinski definition) is 1. The second kappa shape index (κ2) is 5.93. The number of aliphatic hydroxyl groups excluding tert-OH is 1. The van der Waals surface area contributed by atoms with Gasteiger partial charge in [-0.15, -0.1) is 0 Å². The number of benzene rings is 1. The molecule has 0 bridgehead atoms. The number of aliphatic hydroxyl groups is 1. The Bertz CT molecular complexity index is 615. The molecule has 0 saturated carbocycles. The van der Waals surface area contributed by atoms with Gasteiger partial charge in [0, 0.05) is 30.1 Å². The molecule has 2 aromatic rings. The molecule has 0 spiro atoms. The van der Waals surface area contributed by atoms with Gasteiger partial charge in [-0.25, -0.2) is 9.97 Å². The summed E-state index contributed by atoms with van der Waals surface area (Å²) >= 11 is 0. The smallest absolute Gasteiger partial charge is 0.322 e. The highest BCUT2D eigenvalue weighted by molar-refractivity contribution is 5.51. The zero-order valence-corrected chi connectivity index (χ0v) is 10.5. The Kier molecular flexibility index (Phi) is 4.06. The molecule has 2 rings (SSSR count). The molecule has 0 saturated heterocycles. The molecule has 0 unspecified atom stereocenters. The average Bonchev–Trinajstić information content (AvgIpc) is 2.47. The summed E-state index contributed by atoms with van der Waals surface area (Å²) in [6.07, 6.45) is 2.74. The quantitative estimate of drug-likeness (QED) is 0.654. The third-order valence-corrected chi connectivity index (χ3v) is 2.43. The fourth-order valence-electron chi connectivity index (χ4n) is 1.43. The van der Waals surface area contributed by atoms with Crippen LogP contribution in [-0.2, 0) is 6.61 Å². The van der Waals surface area contributed by atoms with Crippen LogP contribution in [0.1, 0.15) is 5.56 Å². The monoisotopic (exact) mass is 277 g/mol. The lowest BCUT2D eigenvalue weighted by Gasteiger charge is -2.06. The zero-order valence-electron chi connectivity index (χ0n) is 10.5. The number of nitro groups is 1. The van der Waals surface area contributed by atoms with Crippen molar-refractivity contribution in [2.45, 2.75) is 6.61 Å². The maximum absolute atomic E-state index is 10.9. The summed E-state index contributed by atoms with van der Waals surface area (Å²) in [7, 11) is 1.44. The predicted molar refractivity (Wildman–Crippen MR) is 67.7 cm³/mol. The van der Waals surface area contributed by atoms with Crippen molar-refractivity contribution in [2.24, 2.45) is 0 Å². The van der Waals surface area contributed by atoms with Crippen molar-refractivity contribution >= 4 is 5.69 Å². The van der Waals surface area contributed by atoms with E-state index in [1.54, 1.807) is 0 Å². The summed E-state index contributed by atoms with van der Waals surface area (Å²) in [6.45, 7) is -0.195. The number of hydrogen-bond acceptors (Lipinski definition) is 7. The largest absolute Gasteiger partial charge is 0.497 e. The van der Waals surface area contributed by atoms with E-state index < -0.39 is 4.92 Å². The van der Waals surface area contributed by atoms with E-state index in [0.29, 0.717) is 11.3 Å². The SMILES string of the molecule is COc1ccc([N+](=O)[O-])c(Oc2ncc(CO)cn2)c1. The molecule has 0 amide bonds. The Labute approximate surface area is 113 Å². The second-order valence-electron chi connectivity index (χ2n) is 3.72. The third-order valence-electron chi connectivity index (χ3n) is 2.43. The Balaban J connectivity index is 2.32. The fraction of sp³-hybridized carbons (Fsp3) is 0.167. The first kappa shape index (κ1) is 13.7. The maximum atomic E-state index is 10.9. The van der Waals surface area contributed by atoms with Crippen LogP contribution in [0.25, 0.3) is 0 Å². The van der Waals surface area contributed by atoms with E-state index in [0.717, 1.165) is 0 Å². The number of aromatic nitrogens is 2. The predicted octanol–water partition coefficient (Wildman–Crippen LogP) is 1.68. The lowest BCUT2D eigenvalue weighted by Crippen LogP contribution is -1.98. The molecule has 104 valence electrons. The first-order valence-electron chi connectivity index (χ1n) is 5.56. The molecule has 1 aromatic heterocycles. The first-order valence-corrected chi connectivity index (χ1v) is 5.56. The van der Waals surface area contributed by atoms with Crippen LogP contribution in [0.3, 0.4) is 0 Å². The van der Waals surface area contributed by atoms with Gasteiger partial charge in [-0.1, -0.05) is 0 Å². The van der Waals surface area contributed by atoms with Gasteiger partial charge in [0.2, 0.25) is 5.75 Å². The van der Waals surface area contributed by atoms with Gasteiger partial charge in [0.15, 0.2) is 0 Å². The van der Waals surface area contributed by atoms with E-state index in [9.17, 15) is 10.1 Å². The molecule has 0 fully saturated rings. The molecule has 8 nitrogen and oxygen atoms in total. The van der Waals surface area contributed by atoms with Crippen molar-refractivity contribution in [1.82, 2.24) is 9.97 Å². The highest BCUT2D eigenvalue weighted by Crippen LogP contribution is 2.33. The molecule has 0 radical (unpaired) electrons. The van der Waals surface area contributed by atoms with Gasteiger partial charge in [-0.2, -0.15) is 0 Å². The number of nitro benzene ring substituents is 1. The Morgan fingerprint density at radius 1 is 1.35 bits per heavy atom. The van der Waals surface area contributed by atoms with Crippen LogP contribution in [0.4, 0.5) is 5.69 Å². The molecule has 8 heteroatoms. The summed E-state index contributed by atoms with van der Waals surface area (Å²) in [4.78, 5) is 18.0. The normalized spacial score (nSPS) is 10.1. The molecular weight excluding hydrogens is 266 g/mol. The third kappa shape index (κ3) is 2.98. The van der Waals surface area contributed by atoms with E-state index in [1.807, 2.05) is 0 Å². The minimum Gasteiger partial charge on any atom is -0.497 e. The molecular formula is C12H11N3O5. The molecule has 1 aromatic carbocycles. The number of rotatable bonds is 5. The Morgan fingerprint density at radius 3 is 2.60 bits per heavy atom.